The van der Waals surface area contributed by atoms with Crippen molar-refractivity contribution in [3.05, 3.63) is 54.5 Å². The number of furan rings is 1. The van der Waals surface area contributed by atoms with Crippen molar-refractivity contribution in [2.45, 2.75) is 6.92 Å². The van der Waals surface area contributed by atoms with Crippen LogP contribution in [0.2, 0.25) is 0 Å². The van der Waals surface area contributed by atoms with E-state index in [0.29, 0.717) is 30.3 Å². The predicted octanol–water partition coefficient (Wildman–Crippen LogP) is 2.45. The zero-order chi connectivity index (χ0) is 16.5. The molecule has 2 rings (SSSR count). The maximum atomic E-state index is 11.6. The Morgan fingerprint density at radius 2 is 2.13 bits per heavy atom. The molecule has 0 aliphatic carbocycles. The molecule has 1 aromatic carbocycles. The fourth-order valence-corrected chi connectivity index (χ4v) is 1.81. The molecule has 6 heteroatoms. The second-order valence-corrected chi connectivity index (χ2v) is 4.70. The van der Waals surface area contributed by atoms with E-state index in [-0.39, 0.29) is 11.8 Å². The summed E-state index contributed by atoms with van der Waals surface area (Å²) in [5.74, 6) is 0.873. The van der Waals surface area contributed by atoms with Crippen molar-refractivity contribution in [3.8, 4) is 5.75 Å². The Balaban J connectivity index is 1.70. The molecule has 0 fully saturated rings. The largest absolute Gasteiger partial charge is 0.492 e. The number of rotatable bonds is 7. The van der Waals surface area contributed by atoms with E-state index in [4.69, 9.17) is 9.15 Å². The Bertz CT molecular complexity index is 678. The average Bonchev–Trinajstić information content (AvgIpc) is 3.03. The van der Waals surface area contributed by atoms with Crippen LogP contribution in [0.25, 0.3) is 6.08 Å². The van der Waals surface area contributed by atoms with E-state index in [1.807, 2.05) is 0 Å². The number of benzene rings is 1. The van der Waals surface area contributed by atoms with E-state index in [1.165, 1.54) is 13.0 Å². The summed E-state index contributed by atoms with van der Waals surface area (Å²) < 4.78 is 10.6. The van der Waals surface area contributed by atoms with Gasteiger partial charge < -0.3 is 19.8 Å². The van der Waals surface area contributed by atoms with Crippen molar-refractivity contribution >= 4 is 23.6 Å². The zero-order valence-electron chi connectivity index (χ0n) is 12.7. The molecule has 0 unspecified atom stereocenters. The van der Waals surface area contributed by atoms with E-state index >= 15 is 0 Å². The number of carbonyl (C=O) groups is 2. The molecule has 6 nitrogen and oxygen atoms in total. The molecule has 0 aliphatic heterocycles. The van der Waals surface area contributed by atoms with Gasteiger partial charge >= 0.3 is 0 Å². The third-order valence-corrected chi connectivity index (χ3v) is 2.77. The van der Waals surface area contributed by atoms with Gasteiger partial charge in [-0.25, -0.2) is 0 Å². The van der Waals surface area contributed by atoms with Crippen molar-refractivity contribution < 1.29 is 18.7 Å². The van der Waals surface area contributed by atoms with Crippen molar-refractivity contribution in [2.24, 2.45) is 0 Å². The van der Waals surface area contributed by atoms with Crippen LogP contribution in [-0.4, -0.2) is 25.0 Å². The smallest absolute Gasteiger partial charge is 0.244 e. The number of carbonyl (C=O) groups excluding carboxylic acids is 2. The van der Waals surface area contributed by atoms with Crippen LogP contribution < -0.4 is 15.4 Å². The van der Waals surface area contributed by atoms with Crippen LogP contribution in [0, 0.1) is 0 Å². The quantitative estimate of drug-likeness (QED) is 0.607. The van der Waals surface area contributed by atoms with E-state index in [1.54, 1.807) is 48.7 Å². The molecule has 1 aromatic heterocycles. The van der Waals surface area contributed by atoms with Gasteiger partial charge in [-0.3, -0.25) is 9.59 Å². The van der Waals surface area contributed by atoms with Crippen LogP contribution in [-0.2, 0) is 9.59 Å². The van der Waals surface area contributed by atoms with Gasteiger partial charge in [0.25, 0.3) is 0 Å². The first-order valence-corrected chi connectivity index (χ1v) is 7.13. The second kappa shape index (κ2) is 8.43. The molecule has 23 heavy (non-hydrogen) atoms. The number of hydrogen-bond donors (Lipinski definition) is 2. The van der Waals surface area contributed by atoms with Crippen LogP contribution in [0.15, 0.2) is 53.2 Å². The van der Waals surface area contributed by atoms with Gasteiger partial charge in [-0.15, -0.1) is 0 Å². The van der Waals surface area contributed by atoms with Crippen LogP contribution >= 0.6 is 0 Å². The molecule has 2 aromatic rings. The fourth-order valence-electron chi connectivity index (χ4n) is 1.81. The molecule has 0 bridgehead atoms. The Morgan fingerprint density at radius 1 is 1.26 bits per heavy atom. The third-order valence-electron chi connectivity index (χ3n) is 2.77. The first-order valence-electron chi connectivity index (χ1n) is 7.13. The summed E-state index contributed by atoms with van der Waals surface area (Å²) in [7, 11) is 0. The summed E-state index contributed by atoms with van der Waals surface area (Å²) in [5.41, 5.74) is 0.667. The Labute approximate surface area is 134 Å². The van der Waals surface area contributed by atoms with Crippen molar-refractivity contribution in [3.63, 3.8) is 0 Å². The Hall–Kier alpha value is -3.02. The molecule has 0 saturated carbocycles. The van der Waals surface area contributed by atoms with Crippen LogP contribution in [0.1, 0.15) is 12.7 Å². The number of hydrogen-bond acceptors (Lipinski definition) is 4. The van der Waals surface area contributed by atoms with E-state index in [2.05, 4.69) is 10.6 Å². The van der Waals surface area contributed by atoms with Crippen LogP contribution in [0.4, 0.5) is 5.69 Å². The molecule has 120 valence electrons. The van der Waals surface area contributed by atoms with Gasteiger partial charge in [0.05, 0.1) is 12.8 Å². The van der Waals surface area contributed by atoms with Gasteiger partial charge in [0, 0.05) is 24.8 Å². The van der Waals surface area contributed by atoms with Crippen LogP contribution in [0.3, 0.4) is 0 Å². The molecule has 1 heterocycles. The molecule has 2 amide bonds. The van der Waals surface area contributed by atoms with E-state index in [9.17, 15) is 9.59 Å². The minimum absolute atomic E-state index is 0.141. The summed E-state index contributed by atoms with van der Waals surface area (Å²) in [5, 5.41) is 5.38. The highest BCUT2D eigenvalue weighted by molar-refractivity contribution is 5.91. The van der Waals surface area contributed by atoms with Crippen LogP contribution in [0.5, 0.6) is 5.75 Å². The highest BCUT2D eigenvalue weighted by atomic mass is 16.5. The zero-order valence-corrected chi connectivity index (χ0v) is 12.7. The van der Waals surface area contributed by atoms with Crippen molar-refractivity contribution in [2.75, 3.05) is 18.5 Å². The third kappa shape index (κ3) is 6.09. The summed E-state index contributed by atoms with van der Waals surface area (Å²) in [6, 6.07) is 10.6. The molecule has 0 spiro atoms. The highest BCUT2D eigenvalue weighted by Crippen LogP contribution is 2.16. The standard InChI is InChI=1S/C17H18N2O4/c1-13(20)19-14-4-2-5-16(12-14)23-11-9-18-17(21)8-7-15-6-3-10-22-15/h2-8,10,12H,9,11H2,1H3,(H,18,21)(H,19,20). The second-order valence-electron chi connectivity index (χ2n) is 4.70. The topological polar surface area (TPSA) is 80.6 Å². The maximum Gasteiger partial charge on any atom is 0.244 e. The summed E-state index contributed by atoms with van der Waals surface area (Å²) in [6.07, 6.45) is 4.53. The van der Waals surface area contributed by atoms with E-state index in [0.717, 1.165) is 0 Å². The van der Waals surface area contributed by atoms with Gasteiger partial charge in [0.2, 0.25) is 11.8 Å². The van der Waals surface area contributed by atoms with Gasteiger partial charge in [0.1, 0.15) is 18.1 Å². The fraction of sp³-hybridized carbons (Fsp3) is 0.176. The summed E-state index contributed by atoms with van der Waals surface area (Å²) in [6.45, 7) is 2.13. The molecular weight excluding hydrogens is 296 g/mol. The minimum atomic E-state index is -0.225. The van der Waals surface area contributed by atoms with Crippen molar-refractivity contribution in [1.29, 1.82) is 0 Å². The normalized spacial score (nSPS) is 10.5. The lowest BCUT2D eigenvalue weighted by Gasteiger charge is -2.08. The predicted molar refractivity (Wildman–Crippen MR) is 87.0 cm³/mol. The lowest BCUT2D eigenvalue weighted by Crippen LogP contribution is -2.26. The summed E-state index contributed by atoms with van der Waals surface area (Å²) in [4.78, 5) is 22.6. The number of amides is 2. The SMILES string of the molecule is CC(=O)Nc1cccc(OCCNC(=O)C=Cc2ccco2)c1. The average molecular weight is 314 g/mol. The van der Waals surface area contributed by atoms with Gasteiger partial charge in [-0.1, -0.05) is 6.07 Å². The number of anilines is 1. The lowest BCUT2D eigenvalue weighted by molar-refractivity contribution is -0.116. The van der Waals surface area contributed by atoms with Gasteiger partial charge in [-0.2, -0.15) is 0 Å². The summed E-state index contributed by atoms with van der Waals surface area (Å²) >= 11 is 0. The van der Waals surface area contributed by atoms with Gasteiger partial charge in [0.15, 0.2) is 0 Å². The number of ether oxygens (including phenoxy) is 1. The minimum Gasteiger partial charge on any atom is -0.492 e. The first-order chi connectivity index (χ1) is 11.1. The van der Waals surface area contributed by atoms with E-state index < -0.39 is 0 Å². The Morgan fingerprint density at radius 3 is 2.87 bits per heavy atom. The van der Waals surface area contributed by atoms with Crippen molar-refractivity contribution in [1.82, 2.24) is 5.32 Å². The highest BCUT2D eigenvalue weighted by Gasteiger charge is 2.00. The molecule has 0 aliphatic rings. The molecule has 0 saturated heterocycles. The first kappa shape index (κ1) is 16.4. The molecule has 0 atom stereocenters. The van der Waals surface area contributed by atoms with Gasteiger partial charge in [-0.05, 0) is 30.3 Å². The molecule has 2 N–H and O–H groups in total. The molecular formula is C17H18N2O4. The monoisotopic (exact) mass is 314 g/mol. The number of nitrogens with one attached hydrogen (secondary N) is 2. The molecule has 0 radical (unpaired) electrons. The Kier molecular flexibility index (Phi) is 5.99. The maximum absolute atomic E-state index is 11.6. The lowest BCUT2D eigenvalue weighted by atomic mass is 10.3.